The number of benzene rings is 1. The second kappa shape index (κ2) is 5.95. The predicted octanol–water partition coefficient (Wildman–Crippen LogP) is 3.74. The Hall–Kier alpha value is -1.18. The van der Waals surface area contributed by atoms with Crippen LogP contribution in [0.1, 0.15) is 33.1 Å². The number of rotatable bonds is 5. The summed E-state index contributed by atoms with van der Waals surface area (Å²) in [4.78, 5) is 2.50. The molecule has 94 valence electrons. The zero-order chi connectivity index (χ0) is 12.1. The van der Waals surface area contributed by atoms with Gasteiger partial charge in [-0.15, -0.1) is 0 Å². The molecule has 0 unspecified atom stereocenters. The maximum Gasteiger partial charge on any atom is 0.0602 e. The van der Waals surface area contributed by atoms with Gasteiger partial charge in [-0.3, -0.25) is 0 Å². The molecular formula is C15H24N2. The van der Waals surface area contributed by atoms with E-state index in [-0.39, 0.29) is 0 Å². The number of para-hydroxylation sites is 2. The van der Waals surface area contributed by atoms with Gasteiger partial charge in [-0.1, -0.05) is 26.0 Å². The van der Waals surface area contributed by atoms with E-state index in [1.807, 2.05) is 0 Å². The SMILES string of the molecule is CC(C)CCNc1ccccc1N1CCCC1. The summed E-state index contributed by atoms with van der Waals surface area (Å²) in [6.07, 6.45) is 3.90. The highest BCUT2D eigenvalue weighted by Crippen LogP contribution is 2.28. The quantitative estimate of drug-likeness (QED) is 0.832. The molecule has 1 fully saturated rings. The third kappa shape index (κ3) is 3.39. The molecule has 0 saturated carbocycles. The van der Waals surface area contributed by atoms with Crippen LogP contribution in [0.25, 0.3) is 0 Å². The monoisotopic (exact) mass is 232 g/mol. The van der Waals surface area contributed by atoms with E-state index >= 15 is 0 Å². The summed E-state index contributed by atoms with van der Waals surface area (Å²) in [6, 6.07) is 8.70. The lowest BCUT2D eigenvalue weighted by Gasteiger charge is -2.22. The summed E-state index contributed by atoms with van der Waals surface area (Å²) < 4.78 is 0. The van der Waals surface area contributed by atoms with Gasteiger partial charge in [0.15, 0.2) is 0 Å². The molecule has 0 aromatic heterocycles. The molecule has 0 spiro atoms. The first-order valence-electron chi connectivity index (χ1n) is 6.85. The third-order valence-corrected chi connectivity index (χ3v) is 3.39. The topological polar surface area (TPSA) is 15.3 Å². The van der Waals surface area contributed by atoms with E-state index in [4.69, 9.17) is 0 Å². The van der Waals surface area contributed by atoms with Crippen LogP contribution >= 0.6 is 0 Å². The Bertz CT molecular complexity index is 341. The van der Waals surface area contributed by atoms with Gasteiger partial charge >= 0.3 is 0 Å². The van der Waals surface area contributed by atoms with Crippen LogP contribution < -0.4 is 10.2 Å². The number of hydrogen-bond donors (Lipinski definition) is 1. The van der Waals surface area contributed by atoms with Crippen molar-refractivity contribution >= 4 is 11.4 Å². The molecule has 0 aliphatic carbocycles. The van der Waals surface area contributed by atoms with Crippen LogP contribution in [-0.2, 0) is 0 Å². The Labute approximate surface area is 105 Å². The number of hydrogen-bond acceptors (Lipinski definition) is 2. The van der Waals surface area contributed by atoms with Gasteiger partial charge in [-0.25, -0.2) is 0 Å². The van der Waals surface area contributed by atoms with Gasteiger partial charge in [-0.2, -0.15) is 0 Å². The van der Waals surface area contributed by atoms with Crippen molar-refractivity contribution in [3.8, 4) is 0 Å². The minimum atomic E-state index is 0.765. The molecule has 0 atom stereocenters. The van der Waals surface area contributed by atoms with E-state index in [0.717, 1.165) is 12.5 Å². The lowest BCUT2D eigenvalue weighted by Crippen LogP contribution is -2.19. The second-order valence-corrected chi connectivity index (χ2v) is 5.32. The van der Waals surface area contributed by atoms with Gasteiger partial charge < -0.3 is 10.2 Å². The van der Waals surface area contributed by atoms with Crippen LogP contribution in [0.3, 0.4) is 0 Å². The van der Waals surface area contributed by atoms with Gasteiger partial charge in [0.2, 0.25) is 0 Å². The Kier molecular flexibility index (Phi) is 4.29. The Morgan fingerprint density at radius 3 is 2.59 bits per heavy atom. The summed E-state index contributed by atoms with van der Waals surface area (Å²) in [5.41, 5.74) is 2.68. The minimum absolute atomic E-state index is 0.765. The maximum absolute atomic E-state index is 3.58. The van der Waals surface area contributed by atoms with Crippen molar-refractivity contribution in [3.05, 3.63) is 24.3 Å². The molecule has 0 radical (unpaired) electrons. The molecule has 17 heavy (non-hydrogen) atoms. The van der Waals surface area contributed by atoms with E-state index in [2.05, 4.69) is 48.3 Å². The summed E-state index contributed by atoms with van der Waals surface area (Å²) in [5, 5.41) is 3.58. The van der Waals surface area contributed by atoms with Crippen LogP contribution in [0, 0.1) is 5.92 Å². The van der Waals surface area contributed by atoms with Crippen molar-refractivity contribution in [3.63, 3.8) is 0 Å². The average Bonchev–Trinajstić information content (AvgIpc) is 2.82. The molecule has 2 heteroatoms. The molecular weight excluding hydrogens is 208 g/mol. The Morgan fingerprint density at radius 1 is 1.18 bits per heavy atom. The van der Waals surface area contributed by atoms with Crippen molar-refractivity contribution < 1.29 is 0 Å². The highest BCUT2D eigenvalue weighted by atomic mass is 15.2. The van der Waals surface area contributed by atoms with Crippen LogP contribution in [0.15, 0.2) is 24.3 Å². The minimum Gasteiger partial charge on any atom is -0.383 e. The first-order valence-corrected chi connectivity index (χ1v) is 6.85. The zero-order valence-electron chi connectivity index (χ0n) is 11.1. The fourth-order valence-electron chi connectivity index (χ4n) is 2.35. The van der Waals surface area contributed by atoms with Gasteiger partial charge in [0.1, 0.15) is 0 Å². The maximum atomic E-state index is 3.58. The standard InChI is InChI=1S/C15H24N2/c1-13(2)9-10-16-14-7-3-4-8-15(14)17-11-5-6-12-17/h3-4,7-8,13,16H,5-6,9-12H2,1-2H3. The van der Waals surface area contributed by atoms with E-state index in [1.54, 1.807) is 0 Å². The summed E-state index contributed by atoms with van der Waals surface area (Å²) in [7, 11) is 0. The second-order valence-electron chi connectivity index (χ2n) is 5.32. The summed E-state index contributed by atoms with van der Waals surface area (Å²) in [5.74, 6) is 0.765. The molecule has 1 aliphatic heterocycles. The summed E-state index contributed by atoms with van der Waals surface area (Å²) in [6.45, 7) is 8.04. The highest BCUT2D eigenvalue weighted by Gasteiger charge is 2.14. The van der Waals surface area contributed by atoms with Crippen LogP contribution in [0.2, 0.25) is 0 Å². The van der Waals surface area contributed by atoms with Crippen LogP contribution in [0.4, 0.5) is 11.4 Å². The van der Waals surface area contributed by atoms with E-state index in [1.165, 1.54) is 43.7 Å². The smallest absolute Gasteiger partial charge is 0.0602 e. The Morgan fingerprint density at radius 2 is 1.88 bits per heavy atom. The van der Waals surface area contributed by atoms with Crippen molar-refractivity contribution in [1.29, 1.82) is 0 Å². The molecule has 1 aliphatic rings. The lowest BCUT2D eigenvalue weighted by molar-refractivity contribution is 0.607. The highest BCUT2D eigenvalue weighted by molar-refractivity contribution is 5.70. The number of anilines is 2. The van der Waals surface area contributed by atoms with Crippen molar-refractivity contribution in [2.24, 2.45) is 5.92 Å². The molecule has 1 N–H and O–H groups in total. The molecule has 2 rings (SSSR count). The predicted molar refractivity (Wildman–Crippen MR) is 75.8 cm³/mol. The van der Waals surface area contributed by atoms with E-state index in [9.17, 15) is 0 Å². The molecule has 1 aromatic carbocycles. The van der Waals surface area contributed by atoms with E-state index in [0.29, 0.717) is 0 Å². The number of nitrogens with one attached hydrogen (secondary N) is 1. The first kappa shape index (κ1) is 12.3. The van der Waals surface area contributed by atoms with Gasteiger partial charge in [-0.05, 0) is 37.3 Å². The zero-order valence-corrected chi connectivity index (χ0v) is 11.1. The normalized spacial score (nSPS) is 15.6. The van der Waals surface area contributed by atoms with Gasteiger partial charge in [0, 0.05) is 19.6 Å². The largest absolute Gasteiger partial charge is 0.383 e. The fourth-order valence-corrected chi connectivity index (χ4v) is 2.35. The van der Waals surface area contributed by atoms with Crippen LogP contribution in [-0.4, -0.2) is 19.6 Å². The van der Waals surface area contributed by atoms with Gasteiger partial charge in [0.25, 0.3) is 0 Å². The van der Waals surface area contributed by atoms with Crippen molar-refractivity contribution in [1.82, 2.24) is 0 Å². The lowest BCUT2D eigenvalue weighted by atomic mass is 10.1. The van der Waals surface area contributed by atoms with Crippen molar-refractivity contribution in [2.45, 2.75) is 33.1 Å². The number of nitrogens with zero attached hydrogens (tertiary/aromatic N) is 1. The Balaban J connectivity index is 2.00. The summed E-state index contributed by atoms with van der Waals surface area (Å²) >= 11 is 0. The van der Waals surface area contributed by atoms with Crippen molar-refractivity contribution in [2.75, 3.05) is 29.9 Å². The fraction of sp³-hybridized carbons (Fsp3) is 0.600. The van der Waals surface area contributed by atoms with Gasteiger partial charge in [0.05, 0.1) is 11.4 Å². The molecule has 1 heterocycles. The third-order valence-electron chi connectivity index (χ3n) is 3.39. The average molecular weight is 232 g/mol. The van der Waals surface area contributed by atoms with E-state index < -0.39 is 0 Å². The molecule has 1 saturated heterocycles. The first-order chi connectivity index (χ1) is 8.27. The molecule has 1 aromatic rings. The molecule has 0 bridgehead atoms. The molecule has 2 nitrogen and oxygen atoms in total. The van der Waals surface area contributed by atoms with Crippen LogP contribution in [0.5, 0.6) is 0 Å². The molecule has 0 amide bonds.